The van der Waals surface area contributed by atoms with Crippen molar-refractivity contribution in [2.75, 3.05) is 13.1 Å². The van der Waals surface area contributed by atoms with Crippen molar-refractivity contribution in [2.45, 2.75) is 45.7 Å². The number of likely N-dealkylation sites (N-methyl/N-ethyl adjacent to an activating group) is 1. The van der Waals surface area contributed by atoms with Crippen LogP contribution in [0, 0.1) is 0 Å². The number of aryl methyl sites for hydroxylation is 1. The van der Waals surface area contributed by atoms with Gasteiger partial charge < -0.3 is 5.73 Å². The minimum absolute atomic E-state index is 0.0132. The topological polar surface area (TPSA) is 47.1 Å². The monoisotopic (exact) mass is 238 g/mol. The smallest absolute Gasteiger partial charge is 0.0522 e. The first-order chi connectivity index (χ1) is 7.91. The molecule has 1 atom stereocenters. The highest BCUT2D eigenvalue weighted by atomic mass is 15.2. The third-order valence-electron chi connectivity index (χ3n) is 3.70. The van der Waals surface area contributed by atoms with Crippen LogP contribution < -0.4 is 5.73 Å². The van der Waals surface area contributed by atoms with Crippen LogP contribution in [0.4, 0.5) is 0 Å². The summed E-state index contributed by atoms with van der Waals surface area (Å²) in [4.78, 5) is 2.41. The average Bonchev–Trinajstić information content (AvgIpc) is 2.65. The predicted molar refractivity (Wildman–Crippen MR) is 71.9 cm³/mol. The van der Waals surface area contributed by atoms with E-state index in [2.05, 4.69) is 37.7 Å². The third-order valence-corrected chi connectivity index (χ3v) is 3.70. The summed E-state index contributed by atoms with van der Waals surface area (Å²) in [6.07, 6.45) is 4.81. The molecule has 0 aliphatic carbocycles. The molecule has 17 heavy (non-hydrogen) atoms. The number of hydrogen-bond donors (Lipinski definition) is 1. The maximum atomic E-state index is 6.37. The average molecular weight is 238 g/mol. The van der Waals surface area contributed by atoms with Gasteiger partial charge in [-0.25, -0.2) is 0 Å². The van der Waals surface area contributed by atoms with Gasteiger partial charge in [-0.3, -0.25) is 9.58 Å². The highest BCUT2D eigenvalue weighted by Crippen LogP contribution is 2.20. The van der Waals surface area contributed by atoms with Gasteiger partial charge in [0.15, 0.2) is 0 Å². The molecule has 4 heteroatoms. The van der Waals surface area contributed by atoms with Gasteiger partial charge in [0, 0.05) is 24.8 Å². The second-order valence-electron chi connectivity index (χ2n) is 5.16. The van der Waals surface area contributed by atoms with Crippen LogP contribution in [0.1, 0.15) is 33.3 Å². The van der Waals surface area contributed by atoms with E-state index in [9.17, 15) is 0 Å². The van der Waals surface area contributed by atoms with Crippen LogP contribution in [0.2, 0.25) is 0 Å². The first-order valence-corrected chi connectivity index (χ1v) is 6.40. The molecule has 0 spiro atoms. The summed E-state index contributed by atoms with van der Waals surface area (Å²) in [5.74, 6) is 0. The molecule has 0 aliphatic rings. The van der Waals surface area contributed by atoms with Gasteiger partial charge in [0.25, 0.3) is 0 Å². The minimum atomic E-state index is 0.0132. The van der Waals surface area contributed by atoms with Crippen molar-refractivity contribution in [3.63, 3.8) is 0 Å². The van der Waals surface area contributed by atoms with Crippen molar-refractivity contribution >= 4 is 0 Å². The van der Waals surface area contributed by atoms with Gasteiger partial charge in [0.05, 0.1) is 6.20 Å². The zero-order valence-electron chi connectivity index (χ0n) is 11.8. The van der Waals surface area contributed by atoms with Crippen molar-refractivity contribution in [3.05, 3.63) is 18.0 Å². The summed E-state index contributed by atoms with van der Waals surface area (Å²) in [6, 6.07) is 0.117. The van der Waals surface area contributed by atoms with E-state index in [1.807, 2.05) is 24.1 Å². The van der Waals surface area contributed by atoms with Gasteiger partial charge in [-0.15, -0.1) is 0 Å². The molecule has 0 aliphatic heterocycles. The Bertz CT molecular complexity index is 339. The second-order valence-corrected chi connectivity index (χ2v) is 5.16. The molecule has 0 saturated heterocycles. The summed E-state index contributed by atoms with van der Waals surface area (Å²) in [5, 5.41) is 4.18. The molecule has 0 bridgehead atoms. The quantitative estimate of drug-likeness (QED) is 0.815. The largest absolute Gasteiger partial charge is 0.326 e. The Hall–Kier alpha value is -0.870. The normalized spacial score (nSPS) is 14.3. The van der Waals surface area contributed by atoms with E-state index in [-0.39, 0.29) is 11.6 Å². The van der Waals surface area contributed by atoms with Crippen molar-refractivity contribution in [3.8, 4) is 0 Å². The van der Waals surface area contributed by atoms with Crippen molar-refractivity contribution in [2.24, 2.45) is 12.8 Å². The Balaban J connectivity index is 2.71. The molecule has 1 rings (SSSR count). The molecular weight excluding hydrogens is 212 g/mol. The summed E-state index contributed by atoms with van der Waals surface area (Å²) in [6.45, 7) is 10.9. The van der Waals surface area contributed by atoms with E-state index in [1.165, 1.54) is 5.56 Å². The van der Waals surface area contributed by atoms with Crippen LogP contribution in [-0.4, -0.2) is 39.4 Å². The van der Waals surface area contributed by atoms with E-state index in [4.69, 9.17) is 5.73 Å². The Kier molecular flexibility index (Phi) is 4.71. The van der Waals surface area contributed by atoms with Gasteiger partial charge in [-0.2, -0.15) is 5.10 Å². The summed E-state index contributed by atoms with van der Waals surface area (Å²) in [5.41, 5.74) is 7.59. The van der Waals surface area contributed by atoms with Crippen LogP contribution in [0.25, 0.3) is 0 Å². The third kappa shape index (κ3) is 3.30. The number of rotatable bonds is 6. The number of aromatic nitrogens is 2. The molecule has 0 aromatic carbocycles. The maximum absolute atomic E-state index is 6.37. The number of nitrogens with two attached hydrogens (primary N) is 1. The molecule has 98 valence electrons. The van der Waals surface area contributed by atoms with Gasteiger partial charge in [-0.05, 0) is 38.9 Å². The molecule has 0 fully saturated rings. The SMILES string of the molecule is CCN(CC)C(C)(C)C(N)Cc1cnn(C)c1. The van der Waals surface area contributed by atoms with Gasteiger partial charge in [-0.1, -0.05) is 13.8 Å². The van der Waals surface area contributed by atoms with E-state index in [1.54, 1.807) is 0 Å². The fraction of sp³-hybridized carbons (Fsp3) is 0.769. The summed E-state index contributed by atoms with van der Waals surface area (Å²) in [7, 11) is 1.94. The first-order valence-electron chi connectivity index (χ1n) is 6.40. The Morgan fingerprint density at radius 2 is 2.00 bits per heavy atom. The van der Waals surface area contributed by atoms with Crippen LogP contribution in [-0.2, 0) is 13.5 Å². The molecule has 2 N–H and O–H groups in total. The fourth-order valence-corrected chi connectivity index (χ4v) is 2.35. The van der Waals surface area contributed by atoms with Crippen LogP contribution in [0.15, 0.2) is 12.4 Å². The zero-order chi connectivity index (χ0) is 13.1. The summed E-state index contributed by atoms with van der Waals surface area (Å²) < 4.78 is 1.83. The number of nitrogens with zero attached hydrogens (tertiary/aromatic N) is 3. The first kappa shape index (κ1) is 14.2. The maximum Gasteiger partial charge on any atom is 0.0522 e. The second kappa shape index (κ2) is 5.65. The fourth-order valence-electron chi connectivity index (χ4n) is 2.35. The van der Waals surface area contributed by atoms with Crippen LogP contribution in [0.5, 0.6) is 0 Å². The lowest BCUT2D eigenvalue weighted by Crippen LogP contribution is -2.56. The standard InChI is InChI=1S/C13H26N4/c1-6-17(7-2)13(3,4)12(14)8-11-9-15-16(5)10-11/h9-10,12H,6-8,14H2,1-5H3. The van der Waals surface area contributed by atoms with Crippen LogP contribution >= 0.6 is 0 Å². The Morgan fingerprint density at radius 3 is 2.41 bits per heavy atom. The highest BCUT2D eigenvalue weighted by molar-refractivity contribution is 5.09. The molecule has 0 amide bonds. The molecule has 0 saturated carbocycles. The molecule has 1 aromatic rings. The van der Waals surface area contributed by atoms with Crippen molar-refractivity contribution in [1.82, 2.24) is 14.7 Å². The van der Waals surface area contributed by atoms with E-state index in [0.29, 0.717) is 0 Å². The lowest BCUT2D eigenvalue weighted by Gasteiger charge is -2.41. The molecule has 1 unspecified atom stereocenters. The summed E-state index contributed by atoms with van der Waals surface area (Å²) >= 11 is 0. The van der Waals surface area contributed by atoms with Crippen LogP contribution in [0.3, 0.4) is 0 Å². The minimum Gasteiger partial charge on any atom is -0.326 e. The van der Waals surface area contributed by atoms with E-state index >= 15 is 0 Å². The van der Waals surface area contributed by atoms with E-state index < -0.39 is 0 Å². The van der Waals surface area contributed by atoms with Gasteiger partial charge in [0.2, 0.25) is 0 Å². The van der Waals surface area contributed by atoms with Crippen molar-refractivity contribution < 1.29 is 0 Å². The van der Waals surface area contributed by atoms with Crippen molar-refractivity contribution in [1.29, 1.82) is 0 Å². The number of hydrogen-bond acceptors (Lipinski definition) is 3. The molecular formula is C13H26N4. The highest BCUT2D eigenvalue weighted by Gasteiger charge is 2.31. The Labute approximate surface area is 105 Å². The Morgan fingerprint density at radius 1 is 1.41 bits per heavy atom. The van der Waals surface area contributed by atoms with E-state index in [0.717, 1.165) is 19.5 Å². The zero-order valence-corrected chi connectivity index (χ0v) is 11.8. The van der Waals surface area contributed by atoms with Gasteiger partial charge >= 0.3 is 0 Å². The molecule has 4 nitrogen and oxygen atoms in total. The molecule has 1 aromatic heterocycles. The lowest BCUT2D eigenvalue weighted by atomic mass is 9.89. The predicted octanol–water partition coefficient (Wildman–Crippen LogP) is 1.41. The molecule has 0 radical (unpaired) electrons. The lowest BCUT2D eigenvalue weighted by molar-refractivity contribution is 0.106. The molecule has 1 heterocycles. The van der Waals surface area contributed by atoms with Gasteiger partial charge in [0.1, 0.15) is 0 Å².